The van der Waals surface area contributed by atoms with E-state index in [-0.39, 0.29) is 18.7 Å². The van der Waals surface area contributed by atoms with E-state index >= 15 is 0 Å². The summed E-state index contributed by atoms with van der Waals surface area (Å²) in [5, 5.41) is 19.7. The molecule has 1 aliphatic heterocycles. The maximum atomic E-state index is 10.6. The van der Waals surface area contributed by atoms with Gasteiger partial charge in [-0.25, -0.2) is 4.79 Å². The average Bonchev–Trinajstić information content (AvgIpc) is 1.94. The second-order valence-electron chi connectivity index (χ2n) is 2.49. The monoisotopic (exact) mass is 159 g/mol. The number of carbonyl (C=O) groups is 2. The van der Waals surface area contributed by atoms with Gasteiger partial charge in [0.15, 0.2) is 6.04 Å². The van der Waals surface area contributed by atoms with Crippen molar-refractivity contribution >= 4 is 11.9 Å². The maximum absolute atomic E-state index is 10.6. The van der Waals surface area contributed by atoms with Crippen LogP contribution in [0.25, 0.3) is 0 Å². The molecule has 0 bridgehead atoms. The van der Waals surface area contributed by atoms with E-state index in [2.05, 4.69) is 5.32 Å². The van der Waals surface area contributed by atoms with Crippen LogP contribution in [0.2, 0.25) is 0 Å². The normalized spacial score (nSPS) is 31.2. The Bertz CT molecular complexity index is 191. The summed E-state index contributed by atoms with van der Waals surface area (Å²) in [6, 6.07) is -1.13. The number of nitrogens with one attached hydrogen (secondary N) is 1. The van der Waals surface area contributed by atoms with Gasteiger partial charge >= 0.3 is 5.97 Å². The van der Waals surface area contributed by atoms with Crippen molar-refractivity contribution in [3.8, 4) is 0 Å². The third-order valence-electron chi connectivity index (χ3n) is 1.63. The SMILES string of the molecule is O=C1CC[C@@H](O)[C@H](C(=O)O)N1. The summed E-state index contributed by atoms with van der Waals surface area (Å²) < 4.78 is 0. The predicted octanol–water partition coefficient (Wildman–Crippen LogP) is -1.29. The molecule has 3 N–H and O–H groups in total. The van der Waals surface area contributed by atoms with E-state index in [9.17, 15) is 9.59 Å². The molecule has 5 nitrogen and oxygen atoms in total. The summed E-state index contributed by atoms with van der Waals surface area (Å²) in [4.78, 5) is 21.0. The maximum Gasteiger partial charge on any atom is 0.328 e. The van der Waals surface area contributed by atoms with Crippen molar-refractivity contribution in [3.63, 3.8) is 0 Å². The summed E-state index contributed by atoms with van der Waals surface area (Å²) in [7, 11) is 0. The van der Waals surface area contributed by atoms with Gasteiger partial charge in [-0.15, -0.1) is 0 Å². The topological polar surface area (TPSA) is 86.6 Å². The Morgan fingerprint density at radius 3 is 2.73 bits per heavy atom. The molecule has 5 heteroatoms. The number of hydrogen-bond donors (Lipinski definition) is 3. The number of hydrogen-bond acceptors (Lipinski definition) is 3. The number of carbonyl (C=O) groups excluding carboxylic acids is 1. The first-order valence-corrected chi connectivity index (χ1v) is 3.31. The Morgan fingerprint density at radius 2 is 2.27 bits per heavy atom. The lowest BCUT2D eigenvalue weighted by atomic mass is 10.0. The third kappa shape index (κ3) is 1.68. The molecule has 11 heavy (non-hydrogen) atoms. The van der Waals surface area contributed by atoms with Crippen molar-refractivity contribution in [3.05, 3.63) is 0 Å². The molecule has 1 saturated heterocycles. The van der Waals surface area contributed by atoms with Gasteiger partial charge in [0.05, 0.1) is 6.10 Å². The molecular formula is C6H9NO4. The van der Waals surface area contributed by atoms with Gasteiger partial charge < -0.3 is 15.5 Å². The van der Waals surface area contributed by atoms with Gasteiger partial charge in [-0.1, -0.05) is 0 Å². The van der Waals surface area contributed by atoms with Gasteiger partial charge in [0.1, 0.15) is 0 Å². The van der Waals surface area contributed by atoms with Crippen LogP contribution in [0.15, 0.2) is 0 Å². The van der Waals surface area contributed by atoms with E-state index in [0.717, 1.165) is 0 Å². The molecule has 1 rings (SSSR count). The molecule has 62 valence electrons. The molecular weight excluding hydrogens is 150 g/mol. The fraction of sp³-hybridized carbons (Fsp3) is 0.667. The van der Waals surface area contributed by atoms with Crippen LogP contribution in [0.3, 0.4) is 0 Å². The highest BCUT2D eigenvalue weighted by Crippen LogP contribution is 2.08. The zero-order valence-electron chi connectivity index (χ0n) is 5.78. The average molecular weight is 159 g/mol. The van der Waals surface area contributed by atoms with Crippen molar-refractivity contribution < 1.29 is 19.8 Å². The van der Waals surface area contributed by atoms with Crippen LogP contribution in [0.4, 0.5) is 0 Å². The number of rotatable bonds is 1. The molecule has 0 saturated carbocycles. The second-order valence-corrected chi connectivity index (χ2v) is 2.49. The first-order chi connectivity index (χ1) is 5.11. The number of aliphatic hydroxyl groups is 1. The number of aliphatic hydroxyl groups excluding tert-OH is 1. The molecule has 2 atom stereocenters. The number of carboxylic acids is 1. The zero-order valence-corrected chi connectivity index (χ0v) is 5.78. The Labute approximate surface area is 63.0 Å². The minimum Gasteiger partial charge on any atom is -0.480 e. The van der Waals surface area contributed by atoms with Crippen LogP contribution < -0.4 is 5.32 Å². The number of piperidine rings is 1. The largest absolute Gasteiger partial charge is 0.480 e. The lowest BCUT2D eigenvalue weighted by molar-refractivity contribution is -0.147. The van der Waals surface area contributed by atoms with Crippen LogP contribution in [0, 0.1) is 0 Å². The van der Waals surface area contributed by atoms with E-state index < -0.39 is 18.1 Å². The van der Waals surface area contributed by atoms with Gasteiger partial charge in [0.2, 0.25) is 5.91 Å². The van der Waals surface area contributed by atoms with Gasteiger partial charge in [-0.05, 0) is 6.42 Å². The van der Waals surface area contributed by atoms with Crippen molar-refractivity contribution in [1.29, 1.82) is 0 Å². The van der Waals surface area contributed by atoms with Crippen LogP contribution in [0.5, 0.6) is 0 Å². The number of aliphatic carboxylic acids is 1. The molecule has 0 aromatic carbocycles. The summed E-state index contributed by atoms with van der Waals surface area (Å²) >= 11 is 0. The van der Waals surface area contributed by atoms with E-state index in [4.69, 9.17) is 10.2 Å². The molecule has 1 heterocycles. The van der Waals surface area contributed by atoms with Crippen LogP contribution >= 0.6 is 0 Å². The fourth-order valence-corrected chi connectivity index (χ4v) is 1.01. The van der Waals surface area contributed by atoms with Crippen molar-refractivity contribution in [2.24, 2.45) is 0 Å². The number of carboxylic acid groups (broad SMARTS) is 1. The highest BCUT2D eigenvalue weighted by atomic mass is 16.4. The minimum absolute atomic E-state index is 0.199. The fourth-order valence-electron chi connectivity index (χ4n) is 1.01. The number of amides is 1. The highest BCUT2D eigenvalue weighted by molar-refractivity contribution is 5.85. The standard InChI is InChI=1S/C6H9NO4/c8-3-1-2-4(9)7-5(3)6(10)11/h3,5,8H,1-2H2,(H,7,9)(H,10,11)/t3-,5-/m1/s1. The Hall–Kier alpha value is -1.10. The van der Waals surface area contributed by atoms with E-state index in [1.165, 1.54) is 0 Å². The molecule has 0 spiro atoms. The summed E-state index contributed by atoms with van der Waals surface area (Å²) in [5.74, 6) is -1.51. The van der Waals surface area contributed by atoms with Crippen LogP contribution in [0.1, 0.15) is 12.8 Å². The van der Waals surface area contributed by atoms with Crippen molar-refractivity contribution in [2.45, 2.75) is 25.0 Å². The quantitative estimate of drug-likeness (QED) is 0.444. The van der Waals surface area contributed by atoms with E-state index in [1.807, 2.05) is 0 Å². The smallest absolute Gasteiger partial charge is 0.328 e. The van der Waals surface area contributed by atoms with Crippen LogP contribution in [-0.4, -0.2) is 34.2 Å². The van der Waals surface area contributed by atoms with Gasteiger partial charge in [-0.2, -0.15) is 0 Å². The second kappa shape index (κ2) is 2.87. The van der Waals surface area contributed by atoms with Gasteiger partial charge in [-0.3, -0.25) is 4.79 Å². The summed E-state index contributed by atoms with van der Waals surface area (Å²) in [5.41, 5.74) is 0. The lowest BCUT2D eigenvalue weighted by Gasteiger charge is -2.24. The predicted molar refractivity (Wildman–Crippen MR) is 34.8 cm³/mol. The molecule has 1 fully saturated rings. The van der Waals surface area contributed by atoms with Crippen molar-refractivity contribution in [1.82, 2.24) is 5.32 Å². The highest BCUT2D eigenvalue weighted by Gasteiger charge is 2.32. The molecule has 1 aliphatic rings. The van der Waals surface area contributed by atoms with E-state index in [0.29, 0.717) is 0 Å². The molecule has 0 aliphatic carbocycles. The Balaban J connectivity index is 2.61. The van der Waals surface area contributed by atoms with Crippen LogP contribution in [-0.2, 0) is 9.59 Å². The first-order valence-electron chi connectivity index (χ1n) is 3.31. The van der Waals surface area contributed by atoms with E-state index in [1.54, 1.807) is 0 Å². The summed E-state index contributed by atoms with van der Waals surface area (Å²) in [6.45, 7) is 0. The molecule has 0 aromatic rings. The lowest BCUT2D eigenvalue weighted by Crippen LogP contribution is -2.52. The molecule has 0 radical (unpaired) electrons. The first kappa shape index (κ1) is 8.00. The molecule has 0 aromatic heterocycles. The van der Waals surface area contributed by atoms with Gasteiger partial charge in [0, 0.05) is 6.42 Å². The molecule has 0 unspecified atom stereocenters. The summed E-state index contributed by atoms with van der Waals surface area (Å²) in [6.07, 6.45) is -0.529. The Kier molecular flexibility index (Phi) is 2.09. The van der Waals surface area contributed by atoms with Gasteiger partial charge in [0.25, 0.3) is 0 Å². The minimum atomic E-state index is -1.19. The zero-order chi connectivity index (χ0) is 8.43. The van der Waals surface area contributed by atoms with Crippen molar-refractivity contribution in [2.75, 3.05) is 0 Å². The third-order valence-corrected chi connectivity index (χ3v) is 1.63. The Morgan fingerprint density at radius 1 is 1.64 bits per heavy atom. The molecule has 1 amide bonds.